The van der Waals surface area contributed by atoms with Crippen molar-refractivity contribution in [1.82, 2.24) is 10.6 Å². The Morgan fingerprint density at radius 3 is 2.23 bits per heavy atom. The molecule has 0 atom stereocenters. The number of hydrogen-bond donors (Lipinski definition) is 3. The van der Waals surface area contributed by atoms with Gasteiger partial charge in [-0.1, -0.05) is 41.9 Å². The summed E-state index contributed by atoms with van der Waals surface area (Å²) in [6.45, 7) is 5.39. The number of benzene rings is 2. The lowest BCUT2D eigenvalue weighted by atomic mass is 10.1. The van der Waals surface area contributed by atoms with Gasteiger partial charge in [0.1, 0.15) is 12.1 Å². The zero-order valence-corrected chi connectivity index (χ0v) is 18.0. The van der Waals surface area contributed by atoms with E-state index in [2.05, 4.69) is 16.0 Å². The molecule has 3 N–H and O–H groups in total. The zero-order chi connectivity index (χ0) is 22.1. The molecular formula is C22H26ClN3O4. The topological polar surface area (TPSA) is 96.5 Å². The maximum absolute atomic E-state index is 12.1. The lowest BCUT2D eigenvalue weighted by molar-refractivity contribution is -0.120. The van der Waals surface area contributed by atoms with E-state index in [0.29, 0.717) is 17.3 Å². The second-order valence-corrected chi connectivity index (χ2v) is 8.05. The van der Waals surface area contributed by atoms with E-state index >= 15 is 0 Å². The predicted octanol–water partition coefficient (Wildman–Crippen LogP) is 3.66. The summed E-state index contributed by atoms with van der Waals surface area (Å²) >= 11 is 6.07. The first-order valence-corrected chi connectivity index (χ1v) is 9.86. The van der Waals surface area contributed by atoms with Crippen molar-refractivity contribution >= 4 is 35.2 Å². The first-order valence-electron chi connectivity index (χ1n) is 9.48. The summed E-state index contributed by atoms with van der Waals surface area (Å²) in [5.41, 5.74) is 1.61. The molecule has 3 amide bonds. The smallest absolute Gasteiger partial charge is 0.408 e. The highest BCUT2D eigenvalue weighted by Gasteiger charge is 2.16. The van der Waals surface area contributed by atoms with Crippen molar-refractivity contribution in [2.24, 2.45) is 0 Å². The first kappa shape index (κ1) is 23.2. The highest BCUT2D eigenvalue weighted by atomic mass is 35.5. The third-order valence-electron chi connectivity index (χ3n) is 3.83. The summed E-state index contributed by atoms with van der Waals surface area (Å²) < 4.78 is 5.07. The van der Waals surface area contributed by atoms with Gasteiger partial charge in [-0.3, -0.25) is 9.59 Å². The molecule has 0 heterocycles. The largest absolute Gasteiger partial charge is 0.444 e. The molecule has 0 radical (unpaired) electrons. The minimum atomic E-state index is -0.652. The van der Waals surface area contributed by atoms with Crippen LogP contribution in [-0.2, 0) is 27.3 Å². The average molecular weight is 432 g/mol. The average Bonchev–Trinajstić information content (AvgIpc) is 2.66. The number of carbonyl (C=O) groups is 3. The minimum absolute atomic E-state index is 0.131. The van der Waals surface area contributed by atoms with Gasteiger partial charge in [0.25, 0.3) is 0 Å². The fourth-order valence-corrected chi connectivity index (χ4v) is 2.66. The van der Waals surface area contributed by atoms with Gasteiger partial charge in [0.05, 0.1) is 6.42 Å². The SMILES string of the molecule is CC(C)(C)OC(=O)NCC(=O)Nc1ccc(CNC(=O)Cc2ccccc2Cl)cc1. The van der Waals surface area contributed by atoms with Crippen LogP contribution < -0.4 is 16.0 Å². The van der Waals surface area contributed by atoms with Crippen LogP contribution in [0.25, 0.3) is 0 Å². The van der Waals surface area contributed by atoms with Crippen LogP contribution in [0.1, 0.15) is 31.9 Å². The number of nitrogens with one attached hydrogen (secondary N) is 3. The van der Waals surface area contributed by atoms with Crippen LogP contribution in [0.3, 0.4) is 0 Å². The summed E-state index contributed by atoms with van der Waals surface area (Å²) in [6, 6.07) is 14.3. The number of halogens is 1. The molecule has 0 spiro atoms. The number of alkyl carbamates (subject to hydrolysis) is 1. The number of amides is 3. The molecule has 160 valence electrons. The molecule has 0 saturated carbocycles. The highest BCUT2D eigenvalue weighted by molar-refractivity contribution is 6.31. The van der Waals surface area contributed by atoms with Gasteiger partial charge in [-0.05, 0) is 50.1 Å². The number of rotatable bonds is 7. The third-order valence-corrected chi connectivity index (χ3v) is 4.20. The van der Waals surface area contributed by atoms with Crippen molar-refractivity contribution in [2.45, 2.75) is 39.3 Å². The first-order chi connectivity index (χ1) is 14.1. The minimum Gasteiger partial charge on any atom is -0.444 e. The van der Waals surface area contributed by atoms with E-state index < -0.39 is 11.7 Å². The second kappa shape index (κ2) is 10.6. The quantitative estimate of drug-likeness (QED) is 0.623. The van der Waals surface area contributed by atoms with E-state index in [9.17, 15) is 14.4 Å². The lowest BCUT2D eigenvalue weighted by Crippen LogP contribution is -2.37. The number of hydrogen-bond acceptors (Lipinski definition) is 4. The summed E-state index contributed by atoms with van der Waals surface area (Å²) in [5, 5.41) is 8.48. The normalized spacial score (nSPS) is 10.8. The molecule has 2 rings (SSSR count). The van der Waals surface area contributed by atoms with Gasteiger partial charge in [-0.25, -0.2) is 4.79 Å². The highest BCUT2D eigenvalue weighted by Crippen LogP contribution is 2.15. The fourth-order valence-electron chi connectivity index (χ4n) is 2.46. The Balaban J connectivity index is 1.75. The molecule has 2 aromatic carbocycles. The molecule has 0 aliphatic carbocycles. The summed E-state index contributed by atoms with van der Waals surface area (Å²) in [7, 11) is 0. The van der Waals surface area contributed by atoms with Crippen LogP contribution in [0.5, 0.6) is 0 Å². The van der Waals surface area contributed by atoms with E-state index in [1.165, 1.54) is 0 Å². The van der Waals surface area contributed by atoms with Crippen molar-refractivity contribution in [1.29, 1.82) is 0 Å². The third kappa shape index (κ3) is 8.53. The molecule has 30 heavy (non-hydrogen) atoms. The molecule has 0 saturated heterocycles. The molecule has 0 aliphatic heterocycles. The molecular weight excluding hydrogens is 406 g/mol. The number of ether oxygens (including phenoxy) is 1. The molecule has 0 aromatic heterocycles. The maximum atomic E-state index is 12.1. The van der Waals surface area contributed by atoms with Crippen LogP contribution in [0.4, 0.5) is 10.5 Å². The number of anilines is 1. The summed E-state index contributed by atoms with van der Waals surface area (Å²) in [5.74, 6) is -0.504. The van der Waals surface area contributed by atoms with Crippen molar-refractivity contribution in [3.63, 3.8) is 0 Å². The Labute approximate surface area is 181 Å². The van der Waals surface area contributed by atoms with Gasteiger partial charge in [0.15, 0.2) is 0 Å². The summed E-state index contributed by atoms with van der Waals surface area (Å²) in [4.78, 5) is 35.6. The van der Waals surface area contributed by atoms with E-state index in [1.54, 1.807) is 51.1 Å². The monoisotopic (exact) mass is 431 g/mol. The van der Waals surface area contributed by atoms with Gasteiger partial charge in [-0.15, -0.1) is 0 Å². The Kier molecular flexibility index (Phi) is 8.24. The van der Waals surface area contributed by atoms with Gasteiger partial charge in [0.2, 0.25) is 11.8 Å². The molecule has 0 fully saturated rings. The van der Waals surface area contributed by atoms with Crippen molar-refractivity contribution in [3.8, 4) is 0 Å². The molecule has 7 nitrogen and oxygen atoms in total. The van der Waals surface area contributed by atoms with E-state index in [0.717, 1.165) is 11.1 Å². The van der Waals surface area contributed by atoms with Gasteiger partial charge in [-0.2, -0.15) is 0 Å². The van der Waals surface area contributed by atoms with Crippen LogP contribution in [0.15, 0.2) is 48.5 Å². The maximum Gasteiger partial charge on any atom is 0.408 e. The Bertz CT molecular complexity index is 892. The van der Waals surface area contributed by atoms with E-state index in [1.807, 2.05) is 18.2 Å². The molecule has 0 unspecified atom stereocenters. The number of carbonyl (C=O) groups excluding carboxylic acids is 3. The van der Waals surface area contributed by atoms with Crippen molar-refractivity contribution in [3.05, 3.63) is 64.7 Å². The molecule has 8 heteroatoms. The van der Waals surface area contributed by atoms with Gasteiger partial charge in [0, 0.05) is 17.3 Å². The van der Waals surface area contributed by atoms with E-state index in [-0.39, 0.29) is 24.8 Å². The van der Waals surface area contributed by atoms with Crippen molar-refractivity contribution < 1.29 is 19.1 Å². The van der Waals surface area contributed by atoms with Crippen molar-refractivity contribution in [2.75, 3.05) is 11.9 Å². The second-order valence-electron chi connectivity index (χ2n) is 7.65. The molecule has 2 aromatic rings. The van der Waals surface area contributed by atoms with E-state index in [4.69, 9.17) is 16.3 Å². The Morgan fingerprint density at radius 1 is 0.933 bits per heavy atom. The van der Waals surface area contributed by atoms with Crippen LogP contribution in [-0.4, -0.2) is 30.1 Å². The van der Waals surface area contributed by atoms with Gasteiger partial charge < -0.3 is 20.7 Å². The molecule has 0 bridgehead atoms. The Hall–Kier alpha value is -3.06. The predicted molar refractivity (Wildman–Crippen MR) is 116 cm³/mol. The van der Waals surface area contributed by atoms with Crippen LogP contribution in [0, 0.1) is 0 Å². The fraction of sp³-hybridized carbons (Fsp3) is 0.318. The molecule has 0 aliphatic rings. The lowest BCUT2D eigenvalue weighted by Gasteiger charge is -2.19. The van der Waals surface area contributed by atoms with Crippen LogP contribution in [0.2, 0.25) is 5.02 Å². The zero-order valence-electron chi connectivity index (χ0n) is 17.3. The summed E-state index contributed by atoms with van der Waals surface area (Å²) in [6.07, 6.45) is -0.445. The Morgan fingerprint density at radius 2 is 1.60 bits per heavy atom. The standard InChI is InChI=1S/C22H26ClN3O4/c1-22(2,3)30-21(29)25-14-20(28)26-17-10-8-15(9-11-17)13-24-19(27)12-16-6-4-5-7-18(16)23/h4-11H,12-14H2,1-3H3,(H,24,27)(H,25,29)(H,26,28). The van der Waals surface area contributed by atoms with Crippen LogP contribution >= 0.6 is 11.6 Å². The van der Waals surface area contributed by atoms with Gasteiger partial charge >= 0.3 is 6.09 Å².